The monoisotopic (exact) mass is 267 g/mol. The molecule has 6 nitrogen and oxygen atoms in total. The number of rotatable bonds is 7. The lowest BCUT2D eigenvalue weighted by Crippen LogP contribution is -2.34. The van der Waals surface area contributed by atoms with E-state index in [2.05, 4.69) is 9.82 Å². The average Bonchev–Trinajstić information content (AvgIpc) is 2.12. The van der Waals surface area contributed by atoms with Crippen LogP contribution in [0.4, 0.5) is 0 Å². The van der Waals surface area contributed by atoms with Crippen molar-refractivity contribution in [3.8, 4) is 0 Å². The third-order valence-corrected chi connectivity index (χ3v) is 3.71. The van der Waals surface area contributed by atoms with E-state index in [-0.39, 0.29) is 12.2 Å². The van der Waals surface area contributed by atoms with Gasteiger partial charge < -0.3 is 4.74 Å². The van der Waals surface area contributed by atoms with E-state index >= 15 is 0 Å². The van der Waals surface area contributed by atoms with Crippen LogP contribution < -0.4 is 5.09 Å². The van der Waals surface area contributed by atoms with Crippen molar-refractivity contribution in [3.63, 3.8) is 0 Å². The highest BCUT2D eigenvalue weighted by Crippen LogP contribution is 2.46. The van der Waals surface area contributed by atoms with Gasteiger partial charge in [0.05, 0.1) is 19.3 Å². The maximum Gasteiger partial charge on any atom is 0.406 e. The molecule has 7 heteroatoms. The standard InChI is InChI=1S/C10H22NO5P/c1-7(2)15-17(13,16-8(3)4)11-9(5)10(12)14-6/h7-9H,1-6H3,(H,11,13)/t9-/m0/s1. The first-order valence-electron chi connectivity index (χ1n) is 5.52. The molecule has 0 radical (unpaired) electrons. The molecule has 0 aliphatic heterocycles. The fraction of sp³-hybridized carbons (Fsp3) is 0.900. The molecule has 0 aliphatic rings. The van der Waals surface area contributed by atoms with E-state index in [0.717, 1.165) is 0 Å². The number of carbonyl (C=O) groups excluding carboxylic acids is 1. The van der Waals surface area contributed by atoms with Gasteiger partial charge in [0.1, 0.15) is 6.04 Å². The second-order valence-corrected chi connectivity index (χ2v) is 5.85. The van der Waals surface area contributed by atoms with Crippen molar-refractivity contribution in [2.24, 2.45) is 0 Å². The van der Waals surface area contributed by atoms with Gasteiger partial charge in [-0.25, -0.2) is 9.65 Å². The van der Waals surface area contributed by atoms with Crippen molar-refractivity contribution in [1.82, 2.24) is 5.09 Å². The fourth-order valence-corrected chi connectivity index (χ4v) is 2.97. The topological polar surface area (TPSA) is 73.9 Å². The lowest BCUT2D eigenvalue weighted by Gasteiger charge is -2.25. The maximum atomic E-state index is 12.3. The number of hydrogen-bond donors (Lipinski definition) is 1. The van der Waals surface area contributed by atoms with Crippen LogP contribution in [0.15, 0.2) is 0 Å². The molecule has 0 aromatic heterocycles. The Kier molecular flexibility index (Phi) is 6.94. The lowest BCUT2D eigenvalue weighted by atomic mass is 10.4. The molecular formula is C10H22NO5P. The quantitative estimate of drug-likeness (QED) is 0.562. The Morgan fingerprint density at radius 1 is 1.06 bits per heavy atom. The van der Waals surface area contributed by atoms with Gasteiger partial charge in [0.15, 0.2) is 0 Å². The van der Waals surface area contributed by atoms with Crippen molar-refractivity contribution in [2.75, 3.05) is 7.11 Å². The molecule has 0 unspecified atom stereocenters. The van der Waals surface area contributed by atoms with Crippen molar-refractivity contribution in [3.05, 3.63) is 0 Å². The molecule has 0 saturated carbocycles. The molecule has 0 amide bonds. The van der Waals surface area contributed by atoms with Crippen molar-refractivity contribution in [1.29, 1.82) is 0 Å². The van der Waals surface area contributed by atoms with E-state index in [1.54, 1.807) is 27.7 Å². The molecule has 1 N–H and O–H groups in total. The number of esters is 1. The maximum absolute atomic E-state index is 12.3. The Morgan fingerprint density at radius 2 is 1.47 bits per heavy atom. The minimum Gasteiger partial charge on any atom is -0.468 e. The van der Waals surface area contributed by atoms with E-state index in [1.165, 1.54) is 14.0 Å². The number of hydrogen-bond acceptors (Lipinski definition) is 5. The van der Waals surface area contributed by atoms with E-state index in [4.69, 9.17) is 9.05 Å². The Balaban J connectivity index is 4.69. The first kappa shape index (κ1) is 16.6. The molecule has 0 heterocycles. The number of methoxy groups -OCH3 is 1. The Morgan fingerprint density at radius 3 is 1.76 bits per heavy atom. The second-order valence-electron chi connectivity index (χ2n) is 4.18. The molecule has 0 aromatic carbocycles. The van der Waals surface area contributed by atoms with Gasteiger partial charge in [0.2, 0.25) is 0 Å². The van der Waals surface area contributed by atoms with Gasteiger partial charge in [-0.15, -0.1) is 0 Å². The SMILES string of the molecule is COC(=O)[C@H](C)NP(=O)(OC(C)C)OC(C)C. The average molecular weight is 267 g/mol. The number of carbonyl (C=O) groups is 1. The third-order valence-electron chi connectivity index (χ3n) is 1.61. The molecule has 0 spiro atoms. The van der Waals surface area contributed by atoms with Gasteiger partial charge in [-0.3, -0.25) is 13.8 Å². The van der Waals surface area contributed by atoms with Crippen LogP contribution >= 0.6 is 7.75 Å². The van der Waals surface area contributed by atoms with Crippen LogP contribution in [-0.4, -0.2) is 31.3 Å². The van der Waals surface area contributed by atoms with E-state index in [1.807, 2.05) is 0 Å². The summed E-state index contributed by atoms with van der Waals surface area (Å²) >= 11 is 0. The summed E-state index contributed by atoms with van der Waals surface area (Å²) in [6, 6.07) is -0.761. The predicted molar refractivity (Wildman–Crippen MR) is 64.7 cm³/mol. The Bertz CT molecular complexity index is 278. The molecule has 102 valence electrons. The van der Waals surface area contributed by atoms with Crippen molar-refractivity contribution >= 4 is 13.7 Å². The Hall–Kier alpha value is -0.420. The smallest absolute Gasteiger partial charge is 0.406 e. The molecule has 0 rings (SSSR count). The zero-order valence-electron chi connectivity index (χ0n) is 11.2. The largest absolute Gasteiger partial charge is 0.468 e. The summed E-state index contributed by atoms with van der Waals surface area (Å²) in [5, 5.41) is 2.54. The van der Waals surface area contributed by atoms with Crippen molar-refractivity contribution in [2.45, 2.75) is 52.9 Å². The second kappa shape index (κ2) is 7.11. The summed E-state index contributed by atoms with van der Waals surface area (Å²) in [7, 11) is -2.24. The first-order valence-corrected chi connectivity index (χ1v) is 7.07. The minimum atomic E-state index is -3.51. The zero-order chi connectivity index (χ0) is 13.6. The summed E-state index contributed by atoms with van der Waals surface area (Å²) in [4.78, 5) is 11.2. The van der Waals surface area contributed by atoms with E-state index in [9.17, 15) is 9.36 Å². The van der Waals surface area contributed by atoms with Gasteiger partial charge >= 0.3 is 13.7 Å². The zero-order valence-corrected chi connectivity index (χ0v) is 12.1. The van der Waals surface area contributed by atoms with E-state index < -0.39 is 19.8 Å². The highest BCUT2D eigenvalue weighted by Gasteiger charge is 2.32. The van der Waals surface area contributed by atoms with E-state index in [0.29, 0.717) is 0 Å². The molecule has 0 aromatic rings. The van der Waals surface area contributed by atoms with Crippen LogP contribution in [-0.2, 0) is 23.1 Å². The molecule has 0 fully saturated rings. The summed E-state index contributed by atoms with van der Waals surface area (Å²) in [5.74, 6) is -0.523. The summed E-state index contributed by atoms with van der Waals surface area (Å²) in [6.07, 6.45) is -0.561. The highest BCUT2D eigenvalue weighted by atomic mass is 31.2. The summed E-state index contributed by atoms with van der Waals surface area (Å²) < 4.78 is 27.3. The van der Waals surface area contributed by atoms with Gasteiger partial charge in [0, 0.05) is 0 Å². The summed E-state index contributed by atoms with van der Waals surface area (Å²) in [5.41, 5.74) is 0. The van der Waals surface area contributed by atoms with Gasteiger partial charge in [-0.05, 0) is 34.6 Å². The van der Waals surface area contributed by atoms with Crippen molar-refractivity contribution < 1.29 is 23.1 Å². The summed E-state index contributed by atoms with van der Waals surface area (Å²) in [6.45, 7) is 8.48. The van der Waals surface area contributed by atoms with Gasteiger partial charge in [0.25, 0.3) is 0 Å². The molecular weight excluding hydrogens is 245 g/mol. The van der Waals surface area contributed by atoms with Crippen LogP contribution in [0.25, 0.3) is 0 Å². The first-order chi connectivity index (χ1) is 7.70. The van der Waals surface area contributed by atoms with Crippen LogP contribution in [0.5, 0.6) is 0 Å². The lowest BCUT2D eigenvalue weighted by molar-refractivity contribution is -0.142. The van der Waals surface area contributed by atoms with Crippen LogP contribution in [0.2, 0.25) is 0 Å². The molecule has 1 atom stereocenters. The van der Waals surface area contributed by atoms with Crippen LogP contribution in [0.1, 0.15) is 34.6 Å². The highest BCUT2D eigenvalue weighted by molar-refractivity contribution is 7.51. The van der Waals surface area contributed by atoms with Gasteiger partial charge in [-0.2, -0.15) is 0 Å². The number of nitrogens with one attached hydrogen (secondary N) is 1. The fourth-order valence-electron chi connectivity index (χ4n) is 1.11. The van der Waals surface area contributed by atoms with Crippen LogP contribution in [0.3, 0.4) is 0 Å². The third kappa shape index (κ3) is 6.78. The predicted octanol–water partition coefficient (Wildman–Crippen LogP) is 2.10. The number of ether oxygens (including phenoxy) is 1. The Labute approximate surface area is 103 Å². The minimum absolute atomic E-state index is 0.281. The van der Waals surface area contributed by atoms with Gasteiger partial charge in [-0.1, -0.05) is 0 Å². The molecule has 0 aliphatic carbocycles. The van der Waals surface area contributed by atoms with Crippen LogP contribution in [0, 0.1) is 0 Å². The molecule has 0 bridgehead atoms. The molecule has 0 saturated heterocycles. The molecule has 17 heavy (non-hydrogen) atoms. The normalized spacial score (nSPS) is 14.1.